The highest BCUT2D eigenvalue weighted by Gasteiger charge is 2.13. The van der Waals surface area contributed by atoms with E-state index in [1.54, 1.807) is 72.8 Å². The molecule has 2 amide bonds. The number of amides is 2. The molecule has 10 nitrogen and oxygen atoms in total. The third-order valence-corrected chi connectivity index (χ3v) is 6.01. The first-order valence-electron chi connectivity index (χ1n) is 12.6. The van der Waals surface area contributed by atoms with Crippen molar-refractivity contribution in [1.29, 1.82) is 0 Å². The zero-order valence-corrected chi connectivity index (χ0v) is 23.7. The number of hydrazone groups is 2. The van der Waals surface area contributed by atoms with Crippen LogP contribution in [0.1, 0.15) is 38.3 Å². The van der Waals surface area contributed by atoms with E-state index in [9.17, 15) is 19.2 Å². The predicted octanol–water partition coefficient (Wildman–Crippen LogP) is 5.42. The zero-order chi connectivity index (χ0) is 30.6. The molecule has 4 aromatic rings. The van der Waals surface area contributed by atoms with Crippen LogP contribution in [0.4, 0.5) is 0 Å². The minimum atomic E-state index is -0.711. The van der Waals surface area contributed by atoms with E-state index >= 15 is 0 Å². The maximum absolute atomic E-state index is 12.4. The molecule has 0 saturated heterocycles. The SMILES string of the molecule is O=C(CC(=O)NN=Cc1ccccc1OC(=O)c1ccc(Cl)cc1)NN=Cc1ccccc1OC(=O)c1ccc(Cl)cc1. The van der Waals surface area contributed by atoms with E-state index in [0.717, 1.165) is 0 Å². The molecule has 0 bridgehead atoms. The zero-order valence-electron chi connectivity index (χ0n) is 22.2. The van der Waals surface area contributed by atoms with E-state index in [2.05, 4.69) is 21.1 Å². The molecule has 0 saturated carbocycles. The van der Waals surface area contributed by atoms with Crippen molar-refractivity contribution in [2.75, 3.05) is 0 Å². The first-order chi connectivity index (χ1) is 20.8. The fraction of sp³-hybridized carbons (Fsp3) is 0.0323. The molecule has 0 fully saturated rings. The standard InChI is InChI=1S/C31H22Cl2N4O6/c32-24-13-9-20(10-14-24)30(40)42-26-7-3-1-5-22(26)18-34-36-28(38)17-29(39)37-35-19-23-6-2-4-8-27(23)43-31(41)21-11-15-25(33)16-12-21/h1-16,18-19H,17H2,(H,36,38)(H,37,39). The summed E-state index contributed by atoms with van der Waals surface area (Å²) < 4.78 is 10.9. The lowest BCUT2D eigenvalue weighted by atomic mass is 10.2. The van der Waals surface area contributed by atoms with Gasteiger partial charge in [-0.1, -0.05) is 47.5 Å². The largest absolute Gasteiger partial charge is 0.422 e. The number of halogens is 2. The van der Waals surface area contributed by atoms with Crippen LogP contribution in [0.15, 0.2) is 107 Å². The van der Waals surface area contributed by atoms with Crippen LogP contribution in [0.25, 0.3) is 0 Å². The molecule has 0 atom stereocenters. The van der Waals surface area contributed by atoms with E-state index in [4.69, 9.17) is 32.7 Å². The Morgan fingerprint density at radius 1 is 0.581 bits per heavy atom. The summed E-state index contributed by atoms with van der Waals surface area (Å²) in [5, 5.41) is 8.64. The predicted molar refractivity (Wildman–Crippen MR) is 162 cm³/mol. The highest BCUT2D eigenvalue weighted by Crippen LogP contribution is 2.20. The van der Waals surface area contributed by atoms with Crippen LogP contribution >= 0.6 is 23.2 Å². The van der Waals surface area contributed by atoms with E-state index in [1.165, 1.54) is 36.7 Å². The molecule has 0 spiro atoms. The molecule has 0 heterocycles. The molecule has 4 aromatic carbocycles. The number of para-hydroxylation sites is 2. The van der Waals surface area contributed by atoms with Gasteiger partial charge in [-0.15, -0.1) is 0 Å². The molecule has 12 heteroatoms. The number of rotatable bonds is 10. The second-order valence-corrected chi connectivity index (χ2v) is 9.50. The van der Waals surface area contributed by atoms with Gasteiger partial charge in [-0.3, -0.25) is 9.59 Å². The maximum atomic E-state index is 12.4. The quantitative estimate of drug-likeness (QED) is 0.0802. The minimum Gasteiger partial charge on any atom is -0.422 e. The lowest BCUT2D eigenvalue weighted by molar-refractivity contribution is -0.129. The van der Waals surface area contributed by atoms with E-state index in [1.807, 2.05) is 0 Å². The van der Waals surface area contributed by atoms with Crippen molar-refractivity contribution in [3.05, 3.63) is 129 Å². The van der Waals surface area contributed by atoms with Gasteiger partial charge in [-0.05, 0) is 72.8 Å². The molecule has 43 heavy (non-hydrogen) atoms. The smallest absolute Gasteiger partial charge is 0.343 e. The van der Waals surface area contributed by atoms with Gasteiger partial charge in [0.15, 0.2) is 0 Å². The first kappa shape index (κ1) is 30.6. The maximum Gasteiger partial charge on any atom is 0.343 e. The average molecular weight is 617 g/mol. The van der Waals surface area contributed by atoms with Crippen LogP contribution in [-0.2, 0) is 9.59 Å². The van der Waals surface area contributed by atoms with Gasteiger partial charge in [0.05, 0.1) is 23.6 Å². The van der Waals surface area contributed by atoms with Crippen molar-refractivity contribution >= 4 is 59.4 Å². The number of nitrogens with zero attached hydrogens (tertiary/aromatic N) is 2. The summed E-state index contributed by atoms with van der Waals surface area (Å²) in [6.45, 7) is 0. The molecule has 2 N–H and O–H groups in total. The number of esters is 2. The van der Waals surface area contributed by atoms with Crippen LogP contribution in [0.3, 0.4) is 0 Å². The Balaban J connectivity index is 1.27. The number of hydrogen-bond acceptors (Lipinski definition) is 8. The molecule has 0 aliphatic rings. The lowest BCUT2D eigenvalue weighted by Crippen LogP contribution is -2.27. The summed E-state index contributed by atoms with van der Waals surface area (Å²) in [7, 11) is 0. The molecule has 0 radical (unpaired) electrons. The lowest BCUT2D eigenvalue weighted by Gasteiger charge is -2.07. The molecular weight excluding hydrogens is 595 g/mol. The van der Waals surface area contributed by atoms with Crippen LogP contribution < -0.4 is 20.3 Å². The van der Waals surface area contributed by atoms with E-state index < -0.39 is 30.2 Å². The fourth-order valence-electron chi connectivity index (χ4n) is 3.42. The van der Waals surface area contributed by atoms with Gasteiger partial charge in [0.25, 0.3) is 0 Å². The van der Waals surface area contributed by atoms with Gasteiger partial charge in [0.1, 0.15) is 17.9 Å². The van der Waals surface area contributed by atoms with Crippen molar-refractivity contribution in [3.63, 3.8) is 0 Å². The van der Waals surface area contributed by atoms with Crippen LogP contribution in [-0.4, -0.2) is 36.2 Å². The third-order valence-electron chi connectivity index (χ3n) is 5.51. The Morgan fingerprint density at radius 3 is 1.35 bits per heavy atom. The minimum absolute atomic E-state index is 0.214. The van der Waals surface area contributed by atoms with E-state index in [-0.39, 0.29) is 11.5 Å². The van der Waals surface area contributed by atoms with Crippen molar-refractivity contribution in [1.82, 2.24) is 10.9 Å². The highest BCUT2D eigenvalue weighted by molar-refractivity contribution is 6.31. The molecule has 4 rings (SSSR count). The average Bonchev–Trinajstić information content (AvgIpc) is 2.99. The molecule has 0 aromatic heterocycles. The van der Waals surface area contributed by atoms with Gasteiger partial charge in [-0.2, -0.15) is 10.2 Å². The molecular formula is C31H22Cl2N4O6. The Hall–Kier alpha value is -5.32. The Kier molecular flexibility index (Phi) is 10.7. The summed E-state index contributed by atoms with van der Waals surface area (Å²) in [6, 6.07) is 25.6. The molecule has 0 aliphatic heterocycles. The normalized spacial score (nSPS) is 10.8. The van der Waals surface area contributed by atoms with Crippen molar-refractivity contribution in [2.24, 2.45) is 10.2 Å². The summed E-state index contributed by atoms with van der Waals surface area (Å²) in [5.41, 5.74) is 5.91. The van der Waals surface area contributed by atoms with Crippen molar-refractivity contribution in [3.8, 4) is 11.5 Å². The van der Waals surface area contributed by atoms with Gasteiger partial charge in [0, 0.05) is 21.2 Å². The first-order valence-corrected chi connectivity index (χ1v) is 13.3. The Labute approximate surface area is 255 Å². The molecule has 0 unspecified atom stereocenters. The second-order valence-electron chi connectivity index (χ2n) is 8.63. The van der Waals surface area contributed by atoms with Crippen LogP contribution in [0.2, 0.25) is 10.0 Å². The summed E-state index contributed by atoms with van der Waals surface area (Å²) in [5.74, 6) is -2.19. The number of benzene rings is 4. The van der Waals surface area contributed by atoms with Crippen LogP contribution in [0, 0.1) is 0 Å². The number of ether oxygens (including phenoxy) is 2. The van der Waals surface area contributed by atoms with Gasteiger partial charge in [0.2, 0.25) is 11.8 Å². The summed E-state index contributed by atoms with van der Waals surface area (Å²) in [6.07, 6.45) is 1.98. The molecule has 0 aliphatic carbocycles. The van der Waals surface area contributed by atoms with Crippen molar-refractivity contribution < 1.29 is 28.7 Å². The monoisotopic (exact) mass is 616 g/mol. The highest BCUT2D eigenvalue weighted by atomic mass is 35.5. The number of carbonyl (C=O) groups excluding carboxylic acids is 4. The van der Waals surface area contributed by atoms with E-state index in [0.29, 0.717) is 32.3 Å². The topological polar surface area (TPSA) is 136 Å². The Bertz CT molecular complexity index is 1560. The third kappa shape index (κ3) is 9.35. The molecule has 216 valence electrons. The fourth-order valence-corrected chi connectivity index (χ4v) is 3.67. The summed E-state index contributed by atoms with van der Waals surface area (Å²) in [4.78, 5) is 49.2. The number of carbonyl (C=O) groups is 4. The van der Waals surface area contributed by atoms with Gasteiger partial charge >= 0.3 is 11.9 Å². The summed E-state index contributed by atoms with van der Waals surface area (Å²) >= 11 is 11.7. The second kappa shape index (κ2) is 15.1. The number of hydrogen-bond donors (Lipinski definition) is 2. The Morgan fingerprint density at radius 2 is 0.953 bits per heavy atom. The van der Waals surface area contributed by atoms with Crippen LogP contribution in [0.5, 0.6) is 11.5 Å². The van der Waals surface area contributed by atoms with Gasteiger partial charge in [-0.25, -0.2) is 20.4 Å². The van der Waals surface area contributed by atoms with Crippen molar-refractivity contribution in [2.45, 2.75) is 6.42 Å². The number of nitrogens with one attached hydrogen (secondary N) is 2. The van der Waals surface area contributed by atoms with Gasteiger partial charge < -0.3 is 9.47 Å².